The van der Waals surface area contributed by atoms with Gasteiger partial charge in [-0.15, -0.1) is 11.6 Å². The highest BCUT2D eigenvalue weighted by molar-refractivity contribution is 6.17. The summed E-state index contributed by atoms with van der Waals surface area (Å²) in [6.07, 6.45) is 3.39. The van der Waals surface area contributed by atoms with Gasteiger partial charge in [0.15, 0.2) is 0 Å². The van der Waals surface area contributed by atoms with E-state index in [0.717, 1.165) is 25.3 Å². The highest BCUT2D eigenvalue weighted by Crippen LogP contribution is 2.26. The van der Waals surface area contributed by atoms with Crippen molar-refractivity contribution in [1.82, 2.24) is 5.32 Å². The number of nitrogens with one attached hydrogen (secondary N) is 1. The average molecular weight is 254 g/mol. The van der Waals surface area contributed by atoms with Crippen molar-refractivity contribution in [3.63, 3.8) is 0 Å². The maximum Gasteiger partial charge on any atom is 0.119 e. The Bertz CT molecular complexity index is 319. The molecule has 0 aromatic heterocycles. The van der Waals surface area contributed by atoms with Crippen LogP contribution in [0.5, 0.6) is 5.75 Å². The molecule has 94 valence electrons. The summed E-state index contributed by atoms with van der Waals surface area (Å²) >= 11 is 5.61. The fourth-order valence-electron chi connectivity index (χ4n) is 2.24. The third kappa shape index (κ3) is 3.90. The van der Waals surface area contributed by atoms with Crippen LogP contribution in [0.2, 0.25) is 0 Å². The van der Waals surface area contributed by atoms with Crippen molar-refractivity contribution in [1.29, 1.82) is 0 Å². The summed E-state index contributed by atoms with van der Waals surface area (Å²) in [7, 11) is 0. The van der Waals surface area contributed by atoms with Crippen molar-refractivity contribution >= 4 is 11.6 Å². The lowest BCUT2D eigenvalue weighted by Gasteiger charge is -2.23. The van der Waals surface area contributed by atoms with Crippen LogP contribution in [0.1, 0.15) is 30.7 Å². The van der Waals surface area contributed by atoms with Gasteiger partial charge in [0.1, 0.15) is 5.75 Å². The third-order valence-electron chi connectivity index (χ3n) is 3.24. The van der Waals surface area contributed by atoms with Gasteiger partial charge in [0.25, 0.3) is 0 Å². The second-order valence-corrected chi connectivity index (χ2v) is 4.86. The molecule has 1 N–H and O–H groups in total. The number of piperidine rings is 1. The number of benzene rings is 1. The van der Waals surface area contributed by atoms with Crippen molar-refractivity contribution in [3.8, 4) is 5.75 Å². The lowest BCUT2D eigenvalue weighted by molar-refractivity contribution is 0.318. The molecule has 1 aliphatic rings. The maximum absolute atomic E-state index is 5.61. The summed E-state index contributed by atoms with van der Waals surface area (Å²) in [5.41, 5.74) is 1.44. The quantitative estimate of drug-likeness (QED) is 0.643. The molecule has 1 aliphatic heterocycles. The Morgan fingerprint density at radius 3 is 2.53 bits per heavy atom. The second-order valence-electron chi connectivity index (χ2n) is 4.48. The molecule has 17 heavy (non-hydrogen) atoms. The van der Waals surface area contributed by atoms with E-state index in [9.17, 15) is 0 Å². The zero-order valence-electron chi connectivity index (χ0n) is 10.1. The van der Waals surface area contributed by atoms with Gasteiger partial charge >= 0.3 is 0 Å². The van der Waals surface area contributed by atoms with E-state index in [1.807, 2.05) is 0 Å². The van der Waals surface area contributed by atoms with Crippen LogP contribution in [-0.2, 0) is 0 Å². The Hall–Kier alpha value is -0.730. The van der Waals surface area contributed by atoms with E-state index in [0.29, 0.717) is 18.4 Å². The summed E-state index contributed by atoms with van der Waals surface area (Å²) in [6, 6.07) is 8.55. The Morgan fingerprint density at radius 2 is 1.88 bits per heavy atom. The zero-order valence-corrected chi connectivity index (χ0v) is 10.9. The molecule has 0 saturated carbocycles. The molecule has 0 atom stereocenters. The summed E-state index contributed by atoms with van der Waals surface area (Å²) in [5, 5.41) is 3.39. The largest absolute Gasteiger partial charge is 0.494 e. The molecule has 0 unspecified atom stereocenters. The topological polar surface area (TPSA) is 21.3 Å². The van der Waals surface area contributed by atoms with Gasteiger partial charge in [-0.05, 0) is 56.0 Å². The van der Waals surface area contributed by atoms with Crippen molar-refractivity contribution in [3.05, 3.63) is 29.8 Å². The summed E-state index contributed by atoms with van der Waals surface area (Å²) < 4.78 is 5.59. The number of hydrogen-bond acceptors (Lipinski definition) is 2. The van der Waals surface area contributed by atoms with E-state index in [4.69, 9.17) is 16.3 Å². The lowest BCUT2D eigenvalue weighted by Crippen LogP contribution is -2.26. The minimum Gasteiger partial charge on any atom is -0.494 e. The van der Waals surface area contributed by atoms with Gasteiger partial charge in [-0.3, -0.25) is 0 Å². The Kier molecular flexibility index (Phi) is 5.14. The fraction of sp³-hybridized carbons (Fsp3) is 0.571. The Balaban J connectivity index is 1.88. The first-order valence-electron chi connectivity index (χ1n) is 6.39. The van der Waals surface area contributed by atoms with Crippen LogP contribution >= 0.6 is 11.6 Å². The number of alkyl halides is 1. The molecule has 3 heteroatoms. The van der Waals surface area contributed by atoms with Crippen molar-refractivity contribution < 1.29 is 4.74 Å². The Labute approximate surface area is 108 Å². The van der Waals surface area contributed by atoms with Crippen LogP contribution in [0.3, 0.4) is 0 Å². The van der Waals surface area contributed by atoms with Gasteiger partial charge in [0.2, 0.25) is 0 Å². The number of rotatable bonds is 5. The van der Waals surface area contributed by atoms with Crippen LogP contribution < -0.4 is 10.1 Å². The molecule has 1 heterocycles. The van der Waals surface area contributed by atoms with Crippen LogP contribution in [0, 0.1) is 0 Å². The highest BCUT2D eigenvalue weighted by Gasteiger charge is 2.14. The molecule has 1 aromatic rings. The first kappa shape index (κ1) is 12.7. The van der Waals surface area contributed by atoms with E-state index < -0.39 is 0 Å². The molecule has 0 aliphatic carbocycles. The number of ether oxygens (including phenoxy) is 1. The number of hydrogen-bond donors (Lipinski definition) is 1. The minimum atomic E-state index is 0.660. The van der Waals surface area contributed by atoms with Crippen LogP contribution in [-0.4, -0.2) is 25.6 Å². The van der Waals surface area contributed by atoms with Gasteiger partial charge in [-0.1, -0.05) is 12.1 Å². The van der Waals surface area contributed by atoms with E-state index in [-0.39, 0.29) is 0 Å². The van der Waals surface area contributed by atoms with Crippen LogP contribution in [0.15, 0.2) is 24.3 Å². The molecule has 1 saturated heterocycles. The van der Waals surface area contributed by atoms with Crippen molar-refractivity contribution in [2.45, 2.75) is 25.2 Å². The van der Waals surface area contributed by atoms with Crippen LogP contribution in [0.4, 0.5) is 0 Å². The summed E-state index contributed by atoms with van der Waals surface area (Å²) in [4.78, 5) is 0. The van der Waals surface area contributed by atoms with Gasteiger partial charge < -0.3 is 10.1 Å². The predicted octanol–water partition coefficient (Wildman–Crippen LogP) is 3.16. The third-order valence-corrected chi connectivity index (χ3v) is 3.50. The van der Waals surface area contributed by atoms with Crippen molar-refractivity contribution in [2.24, 2.45) is 0 Å². The normalized spacial score (nSPS) is 17.0. The molecule has 0 radical (unpaired) electrons. The first-order valence-corrected chi connectivity index (χ1v) is 6.93. The molecule has 1 aromatic carbocycles. The van der Waals surface area contributed by atoms with E-state index in [2.05, 4.69) is 29.6 Å². The van der Waals surface area contributed by atoms with Gasteiger partial charge in [-0.2, -0.15) is 0 Å². The fourth-order valence-corrected chi connectivity index (χ4v) is 2.35. The average Bonchev–Trinajstić information content (AvgIpc) is 2.41. The van der Waals surface area contributed by atoms with E-state index >= 15 is 0 Å². The lowest BCUT2D eigenvalue weighted by atomic mass is 9.90. The molecule has 0 bridgehead atoms. The molecule has 2 nitrogen and oxygen atoms in total. The van der Waals surface area contributed by atoms with Crippen molar-refractivity contribution in [2.75, 3.05) is 25.6 Å². The molecule has 0 spiro atoms. The summed E-state index contributed by atoms with van der Waals surface area (Å²) in [6.45, 7) is 2.98. The zero-order chi connectivity index (χ0) is 11.9. The SMILES string of the molecule is ClCCCOc1ccc(C2CCNCC2)cc1. The molecule has 0 amide bonds. The van der Waals surface area contributed by atoms with E-state index in [1.54, 1.807) is 0 Å². The predicted molar refractivity (Wildman–Crippen MR) is 72.1 cm³/mol. The van der Waals surface area contributed by atoms with Gasteiger partial charge in [0.05, 0.1) is 6.61 Å². The second kappa shape index (κ2) is 6.87. The standard InChI is InChI=1S/C14H20ClNO/c15-8-1-11-17-14-4-2-12(3-5-14)13-6-9-16-10-7-13/h2-5,13,16H,1,6-11H2. The smallest absolute Gasteiger partial charge is 0.119 e. The van der Waals surface area contributed by atoms with Gasteiger partial charge in [0, 0.05) is 5.88 Å². The summed E-state index contributed by atoms with van der Waals surface area (Å²) in [5.74, 6) is 2.33. The first-order chi connectivity index (χ1) is 8.40. The molecular formula is C14H20ClNO. The van der Waals surface area contributed by atoms with Gasteiger partial charge in [-0.25, -0.2) is 0 Å². The van der Waals surface area contributed by atoms with Crippen LogP contribution in [0.25, 0.3) is 0 Å². The molecule has 2 rings (SSSR count). The minimum absolute atomic E-state index is 0.660. The molecule has 1 fully saturated rings. The number of halogens is 1. The monoisotopic (exact) mass is 253 g/mol. The molecular weight excluding hydrogens is 234 g/mol. The van der Waals surface area contributed by atoms with E-state index in [1.165, 1.54) is 18.4 Å². The highest BCUT2D eigenvalue weighted by atomic mass is 35.5. The maximum atomic E-state index is 5.61. The Morgan fingerprint density at radius 1 is 1.18 bits per heavy atom.